The van der Waals surface area contributed by atoms with Crippen molar-refractivity contribution >= 4 is 6.03 Å². The van der Waals surface area contributed by atoms with Gasteiger partial charge in [-0.1, -0.05) is 35.0 Å². The maximum atomic E-state index is 11.9. The number of aryl methyl sites for hydroxylation is 1. The summed E-state index contributed by atoms with van der Waals surface area (Å²) >= 11 is 0. The summed E-state index contributed by atoms with van der Waals surface area (Å²) in [7, 11) is 0. The number of carbonyl (C=O) groups is 1. The molecule has 1 aromatic carbocycles. The number of hydrogen-bond donors (Lipinski definition) is 1. The summed E-state index contributed by atoms with van der Waals surface area (Å²) in [5.74, 6) is 1.25. The van der Waals surface area contributed by atoms with E-state index in [0.29, 0.717) is 18.3 Å². The van der Waals surface area contributed by atoms with Crippen LogP contribution in [0.2, 0.25) is 0 Å². The first-order valence-electron chi connectivity index (χ1n) is 8.85. The third-order valence-corrected chi connectivity index (χ3v) is 4.95. The maximum absolute atomic E-state index is 11.9. The summed E-state index contributed by atoms with van der Waals surface area (Å²) < 4.78 is 5.44. The molecule has 7 heteroatoms. The van der Waals surface area contributed by atoms with Crippen LogP contribution >= 0.6 is 0 Å². The van der Waals surface area contributed by atoms with Gasteiger partial charge < -0.3 is 14.7 Å². The van der Waals surface area contributed by atoms with Gasteiger partial charge in [-0.2, -0.15) is 4.98 Å². The van der Waals surface area contributed by atoms with Gasteiger partial charge in [0, 0.05) is 31.2 Å². The molecule has 132 valence electrons. The van der Waals surface area contributed by atoms with Crippen molar-refractivity contribution in [3.05, 3.63) is 35.7 Å². The number of amides is 2. The SMILES string of the molecule is Cc1ccc(-c2noc(CN3CCCC(N4CCNC4=O)C3)n2)cc1. The average molecular weight is 341 g/mol. The van der Waals surface area contributed by atoms with Crippen molar-refractivity contribution in [1.82, 2.24) is 25.3 Å². The molecule has 2 aromatic rings. The lowest BCUT2D eigenvalue weighted by Gasteiger charge is -2.36. The Hall–Kier alpha value is -2.41. The van der Waals surface area contributed by atoms with Gasteiger partial charge in [-0.3, -0.25) is 4.90 Å². The predicted molar refractivity (Wildman–Crippen MR) is 92.9 cm³/mol. The minimum Gasteiger partial charge on any atom is -0.338 e. The number of nitrogens with zero attached hydrogens (tertiary/aromatic N) is 4. The summed E-state index contributed by atoms with van der Waals surface area (Å²) in [6.45, 7) is 6.09. The first-order valence-corrected chi connectivity index (χ1v) is 8.85. The fraction of sp³-hybridized carbons (Fsp3) is 0.500. The van der Waals surface area contributed by atoms with E-state index in [0.717, 1.165) is 44.6 Å². The lowest BCUT2D eigenvalue weighted by Crippen LogP contribution is -2.48. The molecule has 1 unspecified atom stereocenters. The fourth-order valence-corrected chi connectivity index (χ4v) is 3.59. The number of hydrogen-bond acceptors (Lipinski definition) is 5. The molecule has 7 nitrogen and oxygen atoms in total. The topological polar surface area (TPSA) is 74.5 Å². The monoisotopic (exact) mass is 341 g/mol. The normalized spacial score (nSPS) is 21.6. The summed E-state index contributed by atoms with van der Waals surface area (Å²) in [5.41, 5.74) is 2.17. The van der Waals surface area contributed by atoms with E-state index in [1.165, 1.54) is 5.56 Å². The molecule has 3 heterocycles. The third-order valence-electron chi connectivity index (χ3n) is 4.95. The molecule has 4 rings (SSSR count). The Morgan fingerprint density at radius 2 is 2.12 bits per heavy atom. The molecule has 2 amide bonds. The number of rotatable bonds is 4. The van der Waals surface area contributed by atoms with Crippen LogP contribution < -0.4 is 5.32 Å². The largest absolute Gasteiger partial charge is 0.338 e. The zero-order valence-corrected chi connectivity index (χ0v) is 14.4. The molecule has 0 spiro atoms. The van der Waals surface area contributed by atoms with Gasteiger partial charge in [0.15, 0.2) is 0 Å². The number of benzene rings is 1. The molecule has 1 N–H and O–H groups in total. The van der Waals surface area contributed by atoms with Crippen molar-refractivity contribution < 1.29 is 9.32 Å². The van der Waals surface area contributed by atoms with Gasteiger partial charge in [0.1, 0.15) is 0 Å². The van der Waals surface area contributed by atoms with Crippen molar-refractivity contribution in [2.45, 2.75) is 32.4 Å². The van der Waals surface area contributed by atoms with Crippen molar-refractivity contribution in [3.8, 4) is 11.4 Å². The minimum absolute atomic E-state index is 0.0614. The number of carbonyl (C=O) groups excluding carboxylic acids is 1. The Morgan fingerprint density at radius 1 is 1.28 bits per heavy atom. The molecule has 25 heavy (non-hydrogen) atoms. The lowest BCUT2D eigenvalue weighted by atomic mass is 10.0. The number of likely N-dealkylation sites (tertiary alicyclic amines) is 1. The highest BCUT2D eigenvalue weighted by atomic mass is 16.5. The molecule has 1 aromatic heterocycles. The summed E-state index contributed by atoms with van der Waals surface area (Å²) in [4.78, 5) is 20.7. The molecule has 0 aliphatic carbocycles. The van der Waals surface area contributed by atoms with Crippen LogP contribution in [-0.2, 0) is 6.54 Å². The maximum Gasteiger partial charge on any atom is 0.317 e. The number of aromatic nitrogens is 2. The van der Waals surface area contributed by atoms with E-state index in [4.69, 9.17) is 4.52 Å². The highest BCUT2D eigenvalue weighted by Gasteiger charge is 2.31. The standard InChI is InChI=1S/C18H23N5O2/c1-13-4-6-14(7-5-13)17-20-16(25-21-17)12-22-9-2-3-15(11-22)23-10-8-19-18(23)24/h4-7,15H,2-3,8-12H2,1H3,(H,19,24). The van der Waals surface area contributed by atoms with Crippen molar-refractivity contribution in [2.75, 3.05) is 26.2 Å². The fourth-order valence-electron chi connectivity index (χ4n) is 3.59. The second-order valence-corrected chi connectivity index (χ2v) is 6.83. The smallest absolute Gasteiger partial charge is 0.317 e. The zero-order chi connectivity index (χ0) is 17.2. The molecule has 0 bridgehead atoms. The molecule has 2 fully saturated rings. The van der Waals surface area contributed by atoms with Crippen LogP contribution in [-0.4, -0.2) is 58.2 Å². The zero-order valence-electron chi connectivity index (χ0n) is 14.4. The van der Waals surface area contributed by atoms with Crippen LogP contribution in [0.5, 0.6) is 0 Å². The van der Waals surface area contributed by atoms with Crippen LogP contribution in [0.15, 0.2) is 28.8 Å². The van der Waals surface area contributed by atoms with Gasteiger partial charge in [-0.15, -0.1) is 0 Å². The van der Waals surface area contributed by atoms with Crippen LogP contribution in [0, 0.1) is 6.92 Å². The predicted octanol–water partition coefficient (Wildman–Crippen LogP) is 2.03. The van der Waals surface area contributed by atoms with E-state index < -0.39 is 0 Å². The molecule has 0 radical (unpaired) electrons. The second-order valence-electron chi connectivity index (χ2n) is 6.83. The van der Waals surface area contributed by atoms with Gasteiger partial charge >= 0.3 is 6.03 Å². The van der Waals surface area contributed by atoms with Crippen LogP contribution in [0.4, 0.5) is 4.79 Å². The molecular formula is C18H23N5O2. The second kappa shape index (κ2) is 6.84. The Kier molecular flexibility index (Phi) is 4.40. The highest BCUT2D eigenvalue weighted by molar-refractivity contribution is 5.76. The van der Waals surface area contributed by atoms with E-state index in [9.17, 15) is 4.79 Å². The molecule has 1 atom stereocenters. The van der Waals surface area contributed by atoms with E-state index in [1.54, 1.807) is 0 Å². The van der Waals surface area contributed by atoms with Gasteiger partial charge in [-0.25, -0.2) is 4.79 Å². The molecule has 0 saturated carbocycles. The Labute approximate surface area is 147 Å². The summed E-state index contributed by atoms with van der Waals surface area (Å²) in [5, 5.41) is 6.99. The van der Waals surface area contributed by atoms with E-state index in [1.807, 2.05) is 29.2 Å². The summed E-state index contributed by atoms with van der Waals surface area (Å²) in [6.07, 6.45) is 2.13. The molecular weight excluding hydrogens is 318 g/mol. The first-order chi connectivity index (χ1) is 12.2. The van der Waals surface area contributed by atoms with Crippen molar-refractivity contribution in [1.29, 1.82) is 0 Å². The van der Waals surface area contributed by atoms with Crippen molar-refractivity contribution in [2.24, 2.45) is 0 Å². The quantitative estimate of drug-likeness (QED) is 0.921. The summed E-state index contributed by atoms with van der Waals surface area (Å²) in [6, 6.07) is 8.44. The Balaban J connectivity index is 1.40. The van der Waals surface area contributed by atoms with Crippen LogP contribution in [0.25, 0.3) is 11.4 Å². The molecule has 2 aliphatic rings. The van der Waals surface area contributed by atoms with E-state index in [-0.39, 0.29) is 12.1 Å². The van der Waals surface area contributed by atoms with Gasteiger partial charge in [-0.05, 0) is 26.3 Å². The number of nitrogens with one attached hydrogen (secondary N) is 1. The van der Waals surface area contributed by atoms with E-state index in [2.05, 4.69) is 27.3 Å². The number of urea groups is 1. The van der Waals surface area contributed by atoms with Crippen LogP contribution in [0.3, 0.4) is 0 Å². The average Bonchev–Trinajstić information content (AvgIpc) is 3.25. The van der Waals surface area contributed by atoms with E-state index >= 15 is 0 Å². The molecule has 2 saturated heterocycles. The van der Waals surface area contributed by atoms with Gasteiger partial charge in [0.2, 0.25) is 11.7 Å². The lowest BCUT2D eigenvalue weighted by molar-refractivity contribution is 0.113. The Morgan fingerprint density at radius 3 is 2.88 bits per heavy atom. The third kappa shape index (κ3) is 3.51. The van der Waals surface area contributed by atoms with Crippen LogP contribution in [0.1, 0.15) is 24.3 Å². The van der Waals surface area contributed by atoms with Crippen molar-refractivity contribution in [3.63, 3.8) is 0 Å². The molecule has 2 aliphatic heterocycles. The highest BCUT2D eigenvalue weighted by Crippen LogP contribution is 2.21. The van der Waals surface area contributed by atoms with Gasteiger partial charge in [0.25, 0.3) is 0 Å². The number of piperidine rings is 1. The first kappa shape index (κ1) is 16.1. The van der Waals surface area contributed by atoms with Gasteiger partial charge in [0.05, 0.1) is 6.54 Å². The minimum atomic E-state index is 0.0614. The Bertz CT molecular complexity index is 742.